The summed E-state index contributed by atoms with van der Waals surface area (Å²) in [6.07, 6.45) is 1.61. The molecule has 0 fully saturated rings. The zero-order valence-electron chi connectivity index (χ0n) is 7.44. The van der Waals surface area contributed by atoms with Crippen molar-refractivity contribution in [2.45, 2.75) is 6.17 Å². The molecule has 1 aliphatic rings. The Bertz CT molecular complexity index is 384. The summed E-state index contributed by atoms with van der Waals surface area (Å²) in [5, 5.41) is 3.11. The van der Waals surface area contributed by atoms with E-state index in [-0.39, 0.29) is 6.17 Å². The average molecular weight is 252 g/mol. The van der Waals surface area contributed by atoms with Crippen molar-refractivity contribution in [1.82, 2.24) is 5.32 Å². The van der Waals surface area contributed by atoms with Gasteiger partial charge in [-0.05, 0) is 27.6 Å². The molecule has 4 heteroatoms. The SMILES string of the molecule is NC1C=C(c2ccccc2)NC(Br)=N1. The fourth-order valence-electron chi connectivity index (χ4n) is 1.31. The number of aliphatic imine (C=N–C) groups is 1. The Balaban J connectivity index is 2.29. The summed E-state index contributed by atoms with van der Waals surface area (Å²) >= 11 is 3.28. The molecule has 0 saturated carbocycles. The van der Waals surface area contributed by atoms with E-state index in [0.717, 1.165) is 11.3 Å². The predicted molar refractivity (Wildman–Crippen MR) is 61.9 cm³/mol. The Morgan fingerprint density at radius 1 is 1.29 bits per heavy atom. The van der Waals surface area contributed by atoms with E-state index >= 15 is 0 Å². The van der Waals surface area contributed by atoms with Gasteiger partial charge in [-0.25, -0.2) is 4.99 Å². The standard InChI is InChI=1S/C10H10BrN3/c11-10-13-8(6-9(12)14-10)7-4-2-1-3-5-7/h1-6,9H,12H2,(H,13,14). The lowest BCUT2D eigenvalue weighted by Gasteiger charge is -2.16. The highest BCUT2D eigenvalue weighted by atomic mass is 79.9. The molecule has 2 rings (SSSR count). The van der Waals surface area contributed by atoms with Gasteiger partial charge < -0.3 is 11.1 Å². The molecule has 72 valence electrons. The van der Waals surface area contributed by atoms with Crippen molar-refractivity contribution in [2.24, 2.45) is 10.7 Å². The molecular weight excluding hydrogens is 242 g/mol. The summed E-state index contributed by atoms with van der Waals surface area (Å²) in [7, 11) is 0. The van der Waals surface area contributed by atoms with E-state index in [1.165, 1.54) is 0 Å². The highest BCUT2D eigenvalue weighted by Gasteiger charge is 2.10. The van der Waals surface area contributed by atoms with Gasteiger partial charge in [0.1, 0.15) is 6.17 Å². The van der Waals surface area contributed by atoms with Gasteiger partial charge in [0.05, 0.1) is 0 Å². The minimum absolute atomic E-state index is 0.277. The number of nitrogens with zero attached hydrogens (tertiary/aromatic N) is 1. The molecule has 1 aliphatic heterocycles. The molecule has 3 N–H and O–H groups in total. The van der Waals surface area contributed by atoms with Crippen LogP contribution < -0.4 is 11.1 Å². The fourth-order valence-corrected chi connectivity index (χ4v) is 1.76. The monoisotopic (exact) mass is 251 g/mol. The van der Waals surface area contributed by atoms with Gasteiger partial charge in [-0.15, -0.1) is 0 Å². The summed E-state index contributed by atoms with van der Waals surface area (Å²) in [6, 6.07) is 10.0. The summed E-state index contributed by atoms with van der Waals surface area (Å²) in [5.41, 5.74) is 7.81. The maximum Gasteiger partial charge on any atom is 0.172 e. The quantitative estimate of drug-likeness (QED) is 0.747. The molecule has 0 amide bonds. The van der Waals surface area contributed by atoms with Crippen molar-refractivity contribution in [2.75, 3.05) is 0 Å². The third-order valence-electron chi connectivity index (χ3n) is 1.92. The topological polar surface area (TPSA) is 50.4 Å². The van der Waals surface area contributed by atoms with Crippen molar-refractivity contribution >= 4 is 26.4 Å². The molecule has 1 heterocycles. The smallest absolute Gasteiger partial charge is 0.172 e. The second-order valence-corrected chi connectivity index (χ2v) is 3.73. The number of rotatable bonds is 1. The van der Waals surface area contributed by atoms with Crippen LogP contribution in [0.2, 0.25) is 0 Å². The molecule has 1 unspecified atom stereocenters. The van der Waals surface area contributed by atoms with E-state index in [1.807, 2.05) is 36.4 Å². The minimum atomic E-state index is -0.277. The van der Waals surface area contributed by atoms with Crippen LogP contribution in [0.3, 0.4) is 0 Å². The first-order valence-corrected chi connectivity index (χ1v) is 5.08. The van der Waals surface area contributed by atoms with Crippen LogP contribution in [-0.2, 0) is 0 Å². The van der Waals surface area contributed by atoms with E-state index in [2.05, 4.69) is 26.2 Å². The number of hydrogen-bond donors (Lipinski definition) is 2. The molecule has 0 spiro atoms. The van der Waals surface area contributed by atoms with Gasteiger partial charge in [0.2, 0.25) is 0 Å². The highest BCUT2D eigenvalue weighted by Crippen LogP contribution is 2.15. The number of halogens is 1. The zero-order chi connectivity index (χ0) is 9.97. The van der Waals surface area contributed by atoms with Crippen LogP contribution in [0.15, 0.2) is 41.4 Å². The Labute approximate surface area is 90.8 Å². The van der Waals surface area contributed by atoms with E-state index in [4.69, 9.17) is 5.73 Å². The first-order valence-electron chi connectivity index (χ1n) is 4.29. The molecule has 0 saturated heterocycles. The number of amidine groups is 1. The average Bonchev–Trinajstić information content (AvgIpc) is 2.18. The molecule has 0 aromatic heterocycles. The van der Waals surface area contributed by atoms with Crippen LogP contribution in [-0.4, -0.2) is 10.9 Å². The van der Waals surface area contributed by atoms with Crippen molar-refractivity contribution in [1.29, 1.82) is 0 Å². The van der Waals surface area contributed by atoms with Crippen LogP contribution in [0.1, 0.15) is 5.56 Å². The lowest BCUT2D eigenvalue weighted by molar-refractivity contribution is 0.858. The van der Waals surface area contributed by atoms with Crippen LogP contribution in [0.4, 0.5) is 0 Å². The molecule has 0 bridgehead atoms. The summed E-state index contributed by atoms with van der Waals surface area (Å²) in [4.78, 5) is 4.08. The van der Waals surface area contributed by atoms with Crippen LogP contribution in [0, 0.1) is 0 Å². The van der Waals surface area contributed by atoms with Gasteiger partial charge in [0.25, 0.3) is 0 Å². The predicted octanol–water partition coefficient (Wildman–Crippen LogP) is 1.67. The van der Waals surface area contributed by atoms with Gasteiger partial charge in [0, 0.05) is 5.70 Å². The van der Waals surface area contributed by atoms with E-state index < -0.39 is 0 Å². The van der Waals surface area contributed by atoms with Crippen LogP contribution >= 0.6 is 15.9 Å². The Morgan fingerprint density at radius 2 is 2.00 bits per heavy atom. The third kappa shape index (κ3) is 2.02. The minimum Gasteiger partial charge on any atom is -0.334 e. The third-order valence-corrected chi connectivity index (χ3v) is 2.33. The molecule has 1 aromatic rings. The van der Waals surface area contributed by atoms with Gasteiger partial charge in [-0.2, -0.15) is 0 Å². The van der Waals surface area contributed by atoms with Gasteiger partial charge in [-0.3, -0.25) is 0 Å². The van der Waals surface area contributed by atoms with Crippen molar-refractivity contribution < 1.29 is 0 Å². The van der Waals surface area contributed by atoms with Crippen molar-refractivity contribution in [3.8, 4) is 0 Å². The summed E-state index contributed by atoms with van der Waals surface area (Å²) < 4.78 is 0.673. The maximum absolute atomic E-state index is 5.72. The lowest BCUT2D eigenvalue weighted by Crippen LogP contribution is -2.28. The molecular formula is C10H10BrN3. The van der Waals surface area contributed by atoms with Crippen molar-refractivity contribution in [3.05, 3.63) is 42.0 Å². The molecule has 3 nitrogen and oxygen atoms in total. The van der Waals surface area contributed by atoms with E-state index in [0.29, 0.717) is 4.74 Å². The first-order chi connectivity index (χ1) is 6.75. The van der Waals surface area contributed by atoms with Crippen LogP contribution in [0.5, 0.6) is 0 Å². The van der Waals surface area contributed by atoms with Crippen molar-refractivity contribution in [3.63, 3.8) is 0 Å². The molecule has 14 heavy (non-hydrogen) atoms. The molecule has 1 aromatic carbocycles. The van der Waals surface area contributed by atoms with Gasteiger partial charge in [-0.1, -0.05) is 30.3 Å². The van der Waals surface area contributed by atoms with Gasteiger partial charge >= 0.3 is 0 Å². The largest absolute Gasteiger partial charge is 0.334 e. The Kier molecular flexibility index (Phi) is 2.65. The summed E-state index contributed by atoms with van der Waals surface area (Å²) in [6.45, 7) is 0. The molecule has 1 atom stereocenters. The summed E-state index contributed by atoms with van der Waals surface area (Å²) in [5.74, 6) is 0. The second-order valence-electron chi connectivity index (χ2n) is 2.98. The fraction of sp³-hybridized carbons (Fsp3) is 0.100. The number of benzene rings is 1. The second kappa shape index (κ2) is 3.94. The Morgan fingerprint density at radius 3 is 2.64 bits per heavy atom. The zero-order valence-corrected chi connectivity index (χ0v) is 9.03. The van der Waals surface area contributed by atoms with E-state index in [1.54, 1.807) is 0 Å². The Hall–Kier alpha value is -1.13. The van der Waals surface area contributed by atoms with Crippen LogP contribution in [0.25, 0.3) is 5.70 Å². The first kappa shape index (κ1) is 9.43. The highest BCUT2D eigenvalue weighted by molar-refractivity contribution is 9.18. The number of hydrogen-bond acceptors (Lipinski definition) is 3. The number of nitrogens with two attached hydrogens (primary N) is 1. The number of nitrogens with one attached hydrogen (secondary N) is 1. The normalized spacial score (nSPS) is 20.9. The molecule has 0 aliphatic carbocycles. The maximum atomic E-state index is 5.72. The van der Waals surface area contributed by atoms with E-state index in [9.17, 15) is 0 Å². The molecule has 0 radical (unpaired) electrons. The van der Waals surface area contributed by atoms with Gasteiger partial charge in [0.15, 0.2) is 4.74 Å². The lowest BCUT2D eigenvalue weighted by atomic mass is 10.1.